The highest BCUT2D eigenvalue weighted by molar-refractivity contribution is 7.86. The van der Waals surface area contributed by atoms with E-state index in [9.17, 15) is 13.2 Å². The van der Waals surface area contributed by atoms with E-state index in [0.29, 0.717) is 0 Å². The average Bonchev–Trinajstić information content (AvgIpc) is 2.40. The number of ether oxygens (including phenoxy) is 1. The molecule has 106 valence electrons. The molecule has 1 aromatic rings. The number of carbonyl (C=O) groups is 1. The Morgan fingerprint density at radius 2 is 1.95 bits per heavy atom. The van der Waals surface area contributed by atoms with Crippen LogP contribution in [0.25, 0.3) is 0 Å². The largest absolute Gasteiger partial charge is 0.461 e. The Bertz CT molecular complexity index is 656. The van der Waals surface area contributed by atoms with Crippen LogP contribution in [0, 0.1) is 18.3 Å². The molecule has 0 atom stereocenters. The first-order valence-electron chi connectivity index (χ1n) is 5.56. The number of hydrogen-bond acceptors (Lipinski definition) is 7. The van der Waals surface area contributed by atoms with E-state index in [1.807, 2.05) is 0 Å². The van der Waals surface area contributed by atoms with Crippen LogP contribution in [0.5, 0.6) is 0 Å². The molecule has 0 aliphatic rings. The van der Waals surface area contributed by atoms with Gasteiger partial charge in [-0.25, -0.2) is 4.79 Å². The zero-order valence-corrected chi connectivity index (χ0v) is 11.7. The van der Waals surface area contributed by atoms with Gasteiger partial charge in [0.1, 0.15) is 11.0 Å². The molecule has 0 bridgehead atoms. The summed E-state index contributed by atoms with van der Waals surface area (Å²) in [5.41, 5.74) is 0.0965. The van der Waals surface area contributed by atoms with Gasteiger partial charge < -0.3 is 4.74 Å². The minimum Gasteiger partial charge on any atom is -0.461 e. The highest BCUT2D eigenvalue weighted by Crippen LogP contribution is 2.13. The third kappa shape index (κ3) is 4.07. The zero-order valence-electron chi connectivity index (χ0n) is 10.9. The predicted molar refractivity (Wildman–Crippen MR) is 69.1 cm³/mol. The SMILES string of the molecule is CCOC(=O)/C(C#N)=N/OS(=O)(=O)c1ccc(C)cc1. The van der Waals surface area contributed by atoms with Crippen LogP contribution >= 0.6 is 0 Å². The molecule has 0 unspecified atom stereocenters. The van der Waals surface area contributed by atoms with E-state index in [1.165, 1.54) is 25.1 Å². The third-order valence-corrected chi connectivity index (χ3v) is 3.23. The fourth-order valence-electron chi connectivity index (χ4n) is 1.14. The summed E-state index contributed by atoms with van der Waals surface area (Å²) in [6, 6.07) is 7.23. The maximum atomic E-state index is 11.8. The first-order chi connectivity index (χ1) is 9.40. The molecule has 0 fully saturated rings. The summed E-state index contributed by atoms with van der Waals surface area (Å²) in [6.07, 6.45) is 0. The van der Waals surface area contributed by atoms with Crippen LogP contribution in [0.1, 0.15) is 12.5 Å². The lowest BCUT2D eigenvalue weighted by Crippen LogP contribution is -2.17. The molecule has 0 saturated carbocycles. The third-order valence-electron chi connectivity index (χ3n) is 2.11. The van der Waals surface area contributed by atoms with Crippen molar-refractivity contribution in [2.75, 3.05) is 6.61 Å². The topological polar surface area (TPSA) is 106 Å². The fraction of sp³-hybridized carbons (Fsp3) is 0.250. The Morgan fingerprint density at radius 3 is 2.45 bits per heavy atom. The highest BCUT2D eigenvalue weighted by atomic mass is 32.2. The molecule has 0 aliphatic carbocycles. The number of oxime groups is 1. The standard InChI is InChI=1S/C12H12N2O5S/c1-3-18-12(15)11(8-13)14-19-20(16,17)10-6-4-9(2)5-7-10/h4-7H,3H2,1-2H3/b14-11+. The monoisotopic (exact) mass is 296 g/mol. The number of esters is 1. The van der Waals surface area contributed by atoms with Crippen molar-refractivity contribution in [2.24, 2.45) is 5.16 Å². The van der Waals surface area contributed by atoms with Crippen LogP contribution in [0.4, 0.5) is 0 Å². The van der Waals surface area contributed by atoms with Gasteiger partial charge in [0, 0.05) is 0 Å². The molecule has 0 aliphatic heterocycles. The second kappa shape index (κ2) is 6.68. The van der Waals surface area contributed by atoms with Crippen LogP contribution in [0.3, 0.4) is 0 Å². The second-order valence-corrected chi connectivity index (χ2v) is 5.14. The maximum Gasteiger partial charge on any atom is 0.371 e. The van der Waals surface area contributed by atoms with Crippen molar-refractivity contribution in [1.29, 1.82) is 5.26 Å². The Labute approximate surface area is 116 Å². The molecule has 0 saturated heterocycles. The normalized spacial score (nSPS) is 11.6. The molecular weight excluding hydrogens is 284 g/mol. The van der Waals surface area contributed by atoms with Crippen LogP contribution in [0.2, 0.25) is 0 Å². The molecule has 0 heterocycles. The van der Waals surface area contributed by atoms with Crippen molar-refractivity contribution < 1.29 is 22.2 Å². The zero-order chi connectivity index (χ0) is 15.2. The Hall–Kier alpha value is -2.40. The maximum absolute atomic E-state index is 11.8. The molecule has 0 spiro atoms. The summed E-state index contributed by atoms with van der Waals surface area (Å²) in [6.45, 7) is 3.37. The number of nitrogens with zero attached hydrogens (tertiary/aromatic N) is 2. The van der Waals surface area contributed by atoms with Gasteiger partial charge in [-0.15, -0.1) is 0 Å². The molecule has 7 nitrogen and oxygen atoms in total. The van der Waals surface area contributed by atoms with E-state index in [1.54, 1.807) is 19.1 Å². The molecule has 0 amide bonds. The molecule has 0 radical (unpaired) electrons. The van der Waals surface area contributed by atoms with Crippen LogP contribution in [-0.4, -0.2) is 26.7 Å². The summed E-state index contributed by atoms with van der Waals surface area (Å²) >= 11 is 0. The smallest absolute Gasteiger partial charge is 0.371 e. The van der Waals surface area contributed by atoms with Gasteiger partial charge in [-0.3, -0.25) is 4.28 Å². The van der Waals surface area contributed by atoms with Gasteiger partial charge >= 0.3 is 16.1 Å². The Balaban J connectivity index is 2.94. The number of rotatable bonds is 5. The first-order valence-corrected chi connectivity index (χ1v) is 6.97. The van der Waals surface area contributed by atoms with Crippen molar-refractivity contribution in [3.8, 4) is 6.07 Å². The molecular formula is C12H12N2O5S. The summed E-state index contributed by atoms with van der Waals surface area (Å²) < 4.78 is 32.3. The number of aryl methyl sites for hydroxylation is 1. The highest BCUT2D eigenvalue weighted by Gasteiger charge is 2.19. The van der Waals surface area contributed by atoms with E-state index in [-0.39, 0.29) is 11.5 Å². The summed E-state index contributed by atoms with van der Waals surface area (Å²) in [5, 5.41) is 11.7. The van der Waals surface area contributed by atoms with Crippen LogP contribution in [0.15, 0.2) is 34.3 Å². The minimum atomic E-state index is -4.18. The number of carbonyl (C=O) groups excluding carboxylic acids is 1. The lowest BCUT2D eigenvalue weighted by molar-refractivity contribution is -0.135. The predicted octanol–water partition coefficient (Wildman–Crippen LogP) is 1.14. The van der Waals surface area contributed by atoms with Crippen molar-refractivity contribution >= 4 is 21.8 Å². The molecule has 20 heavy (non-hydrogen) atoms. The van der Waals surface area contributed by atoms with Gasteiger partial charge in [-0.2, -0.15) is 13.7 Å². The van der Waals surface area contributed by atoms with Crippen LogP contribution in [-0.2, 0) is 23.9 Å². The van der Waals surface area contributed by atoms with Gasteiger partial charge in [0.25, 0.3) is 5.71 Å². The van der Waals surface area contributed by atoms with E-state index in [2.05, 4.69) is 14.2 Å². The lowest BCUT2D eigenvalue weighted by atomic mass is 10.2. The number of hydrogen-bond donors (Lipinski definition) is 0. The molecule has 1 aromatic carbocycles. The lowest BCUT2D eigenvalue weighted by Gasteiger charge is -2.02. The quantitative estimate of drug-likeness (QED) is 0.458. The molecule has 1 rings (SSSR count). The summed E-state index contributed by atoms with van der Waals surface area (Å²) in [7, 11) is -4.18. The average molecular weight is 296 g/mol. The fourth-order valence-corrected chi connectivity index (χ4v) is 1.87. The van der Waals surface area contributed by atoms with E-state index >= 15 is 0 Å². The second-order valence-electron chi connectivity index (χ2n) is 3.61. The van der Waals surface area contributed by atoms with E-state index in [4.69, 9.17) is 5.26 Å². The Morgan fingerprint density at radius 1 is 1.35 bits per heavy atom. The van der Waals surface area contributed by atoms with Gasteiger partial charge in [0.05, 0.1) is 6.61 Å². The molecule has 0 N–H and O–H groups in total. The van der Waals surface area contributed by atoms with Crippen molar-refractivity contribution in [3.63, 3.8) is 0 Å². The molecule has 8 heteroatoms. The van der Waals surface area contributed by atoms with Gasteiger partial charge in [-0.1, -0.05) is 17.7 Å². The first kappa shape index (κ1) is 15.7. The number of benzene rings is 1. The van der Waals surface area contributed by atoms with Gasteiger partial charge in [0.2, 0.25) is 0 Å². The minimum absolute atomic E-state index is 0.0320. The summed E-state index contributed by atoms with van der Waals surface area (Å²) in [5.74, 6) is -1.05. The van der Waals surface area contributed by atoms with Crippen molar-refractivity contribution in [3.05, 3.63) is 29.8 Å². The van der Waals surface area contributed by atoms with E-state index < -0.39 is 21.8 Å². The Kier molecular flexibility index (Phi) is 5.23. The van der Waals surface area contributed by atoms with Crippen LogP contribution < -0.4 is 0 Å². The van der Waals surface area contributed by atoms with Gasteiger partial charge in [-0.05, 0) is 31.1 Å². The van der Waals surface area contributed by atoms with Crippen molar-refractivity contribution in [1.82, 2.24) is 0 Å². The number of nitriles is 1. The van der Waals surface area contributed by atoms with Crippen molar-refractivity contribution in [2.45, 2.75) is 18.7 Å². The van der Waals surface area contributed by atoms with Gasteiger partial charge in [0.15, 0.2) is 0 Å². The molecule has 0 aromatic heterocycles. The van der Waals surface area contributed by atoms with E-state index in [0.717, 1.165) is 5.56 Å². The summed E-state index contributed by atoms with van der Waals surface area (Å²) in [4.78, 5) is 11.1.